The molecule has 23 heavy (non-hydrogen) atoms. The Morgan fingerprint density at radius 3 is 2.61 bits per heavy atom. The van der Waals surface area contributed by atoms with Gasteiger partial charge in [0.05, 0.1) is 17.5 Å². The largest absolute Gasteiger partial charge is 0.481 e. The first kappa shape index (κ1) is 14.9. The minimum Gasteiger partial charge on any atom is -0.481 e. The van der Waals surface area contributed by atoms with Crippen LogP contribution in [0.4, 0.5) is 0 Å². The Hall–Kier alpha value is -3.03. The summed E-state index contributed by atoms with van der Waals surface area (Å²) in [5.74, 6) is -0.887. The first-order valence-electron chi connectivity index (χ1n) is 7.00. The van der Waals surface area contributed by atoms with E-state index in [1.54, 1.807) is 4.57 Å². The van der Waals surface area contributed by atoms with E-state index in [0.717, 1.165) is 11.1 Å². The van der Waals surface area contributed by atoms with E-state index >= 15 is 0 Å². The van der Waals surface area contributed by atoms with Gasteiger partial charge in [0.15, 0.2) is 11.5 Å². The number of H-pyrrole nitrogens is 1. The van der Waals surface area contributed by atoms with Crippen molar-refractivity contribution in [3.05, 3.63) is 44.1 Å². The lowest BCUT2D eigenvalue weighted by atomic mass is 10.1. The summed E-state index contributed by atoms with van der Waals surface area (Å²) < 4.78 is 1.56. The number of carbonyl (C=O) groups is 1. The predicted octanol–water partition coefficient (Wildman–Crippen LogP) is 0.676. The van der Waals surface area contributed by atoms with Crippen molar-refractivity contribution in [3.63, 3.8) is 0 Å². The van der Waals surface area contributed by atoms with Gasteiger partial charge < -0.3 is 9.67 Å². The standard InChI is InChI=1S/C15H14N4O4/c1-7-5-9-10(6-8(7)2)19(4-3-11(20)21)13-12(16-9)14(22)18-15(23)17-13/h5-6H,3-4H2,1-2H3,(H,20,21)(H,18,22,23). The molecule has 1 aromatic carbocycles. The average molecular weight is 314 g/mol. The minimum absolute atomic E-state index is 0.0192. The molecular formula is C15H14N4O4. The van der Waals surface area contributed by atoms with Gasteiger partial charge in [-0.05, 0) is 37.1 Å². The molecule has 2 aliphatic heterocycles. The SMILES string of the molecule is Cc1cc2nc3c(=O)[nH]c(=O)nc-3n(CCC(=O)O)c2cc1C. The molecule has 0 bridgehead atoms. The van der Waals surface area contributed by atoms with Crippen molar-refractivity contribution in [2.24, 2.45) is 0 Å². The fourth-order valence-corrected chi connectivity index (χ4v) is 2.48. The van der Waals surface area contributed by atoms with Gasteiger partial charge >= 0.3 is 11.7 Å². The van der Waals surface area contributed by atoms with E-state index in [4.69, 9.17) is 5.11 Å². The molecule has 3 rings (SSSR count). The number of hydrogen-bond donors (Lipinski definition) is 2. The van der Waals surface area contributed by atoms with E-state index in [0.29, 0.717) is 11.0 Å². The van der Waals surface area contributed by atoms with E-state index in [1.807, 2.05) is 26.0 Å². The number of nitrogens with one attached hydrogen (secondary N) is 1. The van der Waals surface area contributed by atoms with E-state index in [1.165, 1.54) is 0 Å². The normalized spacial score (nSPS) is 11.2. The molecule has 8 heteroatoms. The lowest BCUT2D eigenvalue weighted by Gasteiger charge is -2.17. The molecular weight excluding hydrogens is 300 g/mol. The number of aryl methyl sites for hydroxylation is 3. The molecule has 0 atom stereocenters. The maximum atomic E-state index is 12.0. The van der Waals surface area contributed by atoms with Crippen LogP contribution in [-0.2, 0) is 11.3 Å². The molecule has 2 aliphatic rings. The Bertz CT molecular complexity index is 1020. The summed E-state index contributed by atoms with van der Waals surface area (Å²) in [6.07, 6.45) is -0.158. The van der Waals surface area contributed by atoms with Crippen LogP contribution in [0.5, 0.6) is 0 Å². The summed E-state index contributed by atoms with van der Waals surface area (Å²) in [7, 11) is 0. The molecule has 2 heterocycles. The number of aromatic nitrogens is 4. The number of fused-ring (bicyclic) bond motifs is 2. The molecule has 0 fully saturated rings. The Kier molecular flexibility index (Phi) is 3.44. The highest BCUT2D eigenvalue weighted by Gasteiger charge is 2.19. The molecule has 8 nitrogen and oxygen atoms in total. The molecule has 0 saturated carbocycles. The highest BCUT2D eigenvalue weighted by atomic mass is 16.4. The highest BCUT2D eigenvalue weighted by Crippen LogP contribution is 2.23. The van der Waals surface area contributed by atoms with E-state index in [2.05, 4.69) is 15.0 Å². The summed E-state index contributed by atoms with van der Waals surface area (Å²) in [6.45, 7) is 3.93. The molecule has 0 amide bonds. The van der Waals surface area contributed by atoms with Crippen LogP contribution >= 0.6 is 0 Å². The maximum Gasteiger partial charge on any atom is 0.349 e. The van der Waals surface area contributed by atoms with Crippen LogP contribution in [0.15, 0.2) is 21.7 Å². The Balaban J connectivity index is 2.44. The first-order valence-corrected chi connectivity index (χ1v) is 7.00. The minimum atomic E-state index is -0.980. The first-order chi connectivity index (χ1) is 10.9. The fourth-order valence-electron chi connectivity index (χ4n) is 2.48. The van der Waals surface area contributed by atoms with Crippen LogP contribution in [0, 0.1) is 13.8 Å². The zero-order valence-electron chi connectivity index (χ0n) is 12.6. The second kappa shape index (κ2) is 5.31. The number of carboxylic acids is 1. The molecule has 118 valence electrons. The van der Waals surface area contributed by atoms with Crippen LogP contribution in [-0.4, -0.2) is 30.6 Å². The molecule has 2 N–H and O–H groups in total. The lowest BCUT2D eigenvalue weighted by Crippen LogP contribution is -2.29. The summed E-state index contributed by atoms with van der Waals surface area (Å²) in [6, 6.07) is 3.68. The second-order valence-corrected chi connectivity index (χ2v) is 5.38. The van der Waals surface area contributed by atoms with Crippen molar-refractivity contribution < 1.29 is 9.90 Å². The summed E-state index contributed by atoms with van der Waals surface area (Å²) in [5, 5.41) is 8.95. The number of aliphatic carboxylic acids is 1. The molecule has 1 aromatic rings. The van der Waals surface area contributed by atoms with Crippen LogP contribution in [0.3, 0.4) is 0 Å². The van der Waals surface area contributed by atoms with Crippen molar-refractivity contribution in [2.45, 2.75) is 26.8 Å². The number of nitrogens with zero attached hydrogens (tertiary/aromatic N) is 3. The van der Waals surface area contributed by atoms with Gasteiger partial charge in [-0.3, -0.25) is 14.6 Å². The topological polar surface area (TPSA) is 118 Å². The van der Waals surface area contributed by atoms with Crippen LogP contribution in [0.1, 0.15) is 17.5 Å². The van der Waals surface area contributed by atoms with Gasteiger partial charge in [-0.25, -0.2) is 9.78 Å². The van der Waals surface area contributed by atoms with Gasteiger partial charge in [0, 0.05) is 6.54 Å². The van der Waals surface area contributed by atoms with Gasteiger partial charge in [-0.15, -0.1) is 0 Å². The Labute approximate surface area is 129 Å². The average Bonchev–Trinajstić information content (AvgIpc) is 2.46. The van der Waals surface area contributed by atoms with Gasteiger partial charge in [0.2, 0.25) is 0 Å². The van der Waals surface area contributed by atoms with E-state index < -0.39 is 17.2 Å². The quantitative estimate of drug-likeness (QED) is 0.686. The van der Waals surface area contributed by atoms with Crippen LogP contribution < -0.4 is 11.2 Å². The molecule has 0 aromatic heterocycles. The molecule has 0 saturated heterocycles. The summed E-state index contributed by atoms with van der Waals surface area (Å²) in [4.78, 5) is 44.6. The van der Waals surface area contributed by atoms with Crippen molar-refractivity contribution in [1.82, 2.24) is 19.5 Å². The maximum absolute atomic E-state index is 12.0. The fraction of sp³-hybridized carbons (Fsp3) is 0.267. The molecule has 0 spiro atoms. The van der Waals surface area contributed by atoms with Gasteiger partial charge in [-0.1, -0.05) is 0 Å². The zero-order valence-corrected chi connectivity index (χ0v) is 12.6. The van der Waals surface area contributed by atoms with Crippen molar-refractivity contribution in [1.29, 1.82) is 0 Å². The molecule has 0 unspecified atom stereocenters. The summed E-state index contributed by atoms with van der Waals surface area (Å²) >= 11 is 0. The second-order valence-electron chi connectivity index (χ2n) is 5.38. The number of hydrogen-bond acceptors (Lipinski definition) is 5. The smallest absolute Gasteiger partial charge is 0.349 e. The lowest BCUT2D eigenvalue weighted by molar-refractivity contribution is -0.137. The molecule has 0 aliphatic carbocycles. The van der Waals surface area contributed by atoms with Gasteiger partial charge in [0.1, 0.15) is 0 Å². The molecule has 0 radical (unpaired) electrons. The zero-order chi connectivity index (χ0) is 16.7. The number of aromatic amines is 1. The van der Waals surface area contributed by atoms with E-state index in [9.17, 15) is 14.4 Å². The van der Waals surface area contributed by atoms with Crippen molar-refractivity contribution in [2.75, 3.05) is 0 Å². The monoisotopic (exact) mass is 314 g/mol. The Morgan fingerprint density at radius 2 is 1.91 bits per heavy atom. The van der Waals surface area contributed by atoms with Crippen LogP contribution in [0.2, 0.25) is 0 Å². The van der Waals surface area contributed by atoms with E-state index in [-0.39, 0.29) is 24.5 Å². The highest BCUT2D eigenvalue weighted by molar-refractivity contribution is 5.81. The summed E-state index contributed by atoms with van der Waals surface area (Å²) in [5.41, 5.74) is 1.79. The third-order valence-corrected chi connectivity index (χ3v) is 3.77. The third kappa shape index (κ3) is 2.59. The van der Waals surface area contributed by atoms with Crippen LogP contribution in [0.25, 0.3) is 22.6 Å². The van der Waals surface area contributed by atoms with Crippen molar-refractivity contribution in [3.8, 4) is 11.5 Å². The predicted molar refractivity (Wildman–Crippen MR) is 82.8 cm³/mol. The number of carboxylic acid groups (broad SMARTS) is 1. The number of benzene rings is 1. The Morgan fingerprint density at radius 1 is 1.22 bits per heavy atom. The third-order valence-electron chi connectivity index (χ3n) is 3.77. The van der Waals surface area contributed by atoms with Crippen molar-refractivity contribution >= 4 is 17.0 Å². The number of rotatable bonds is 3. The van der Waals surface area contributed by atoms with Gasteiger partial charge in [-0.2, -0.15) is 4.98 Å². The van der Waals surface area contributed by atoms with Gasteiger partial charge in [0.25, 0.3) is 5.56 Å².